The van der Waals surface area contributed by atoms with E-state index in [0.29, 0.717) is 23.9 Å². The van der Waals surface area contributed by atoms with Crippen molar-refractivity contribution < 1.29 is 9.90 Å². The first-order valence-corrected chi connectivity index (χ1v) is 9.20. The van der Waals surface area contributed by atoms with E-state index in [1.807, 2.05) is 47.8 Å². The summed E-state index contributed by atoms with van der Waals surface area (Å²) in [5, 5.41) is 14.1. The first-order valence-electron chi connectivity index (χ1n) is 8.32. The molecule has 0 spiro atoms. The molecule has 0 fully saturated rings. The number of Topliss-reactive ketones (excluding diaryl/α,β-unsaturated/α-hetero) is 1. The highest BCUT2D eigenvalue weighted by Crippen LogP contribution is 2.28. The van der Waals surface area contributed by atoms with Crippen LogP contribution in [0.2, 0.25) is 0 Å². The van der Waals surface area contributed by atoms with Gasteiger partial charge in [0.05, 0.1) is 16.3 Å². The number of carbonyl (C=O) groups is 1. The van der Waals surface area contributed by atoms with Gasteiger partial charge in [0, 0.05) is 35.4 Å². The molecule has 4 aromatic rings. The van der Waals surface area contributed by atoms with Gasteiger partial charge in [0.25, 0.3) is 0 Å². The second-order valence-electron chi connectivity index (χ2n) is 5.95. The van der Waals surface area contributed by atoms with Gasteiger partial charge in [-0.1, -0.05) is 42.5 Å². The number of hydrogen-bond donors (Lipinski definition) is 1. The van der Waals surface area contributed by atoms with Gasteiger partial charge in [-0.3, -0.25) is 9.78 Å². The third-order valence-electron chi connectivity index (χ3n) is 4.24. The number of phenolic OH excluding ortho intramolecular Hbond substituents is 1. The van der Waals surface area contributed by atoms with E-state index in [-0.39, 0.29) is 11.5 Å². The highest BCUT2D eigenvalue weighted by atomic mass is 32.1. The molecule has 0 saturated heterocycles. The van der Waals surface area contributed by atoms with Crippen LogP contribution in [0, 0.1) is 0 Å². The van der Waals surface area contributed by atoms with Crippen LogP contribution >= 0.6 is 11.3 Å². The number of aromatic hydroxyl groups is 1. The fourth-order valence-corrected chi connectivity index (χ4v) is 3.68. The lowest BCUT2D eigenvalue weighted by atomic mass is 10.0. The minimum absolute atomic E-state index is 0.0442. The summed E-state index contributed by atoms with van der Waals surface area (Å²) >= 11 is 1.55. The number of ketones is 1. The summed E-state index contributed by atoms with van der Waals surface area (Å²) in [6, 6.07) is 17.1. The molecule has 0 radical (unpaired) electrons. The monoisotopic (exact) mass is 360 g/mol. The number of nitrogens with zero attached hydrogens (tertiary/aromatic N) is 2. The molecule has 26 heavy (non-hydrogen) atoms. The zero-order valence-corrected chi connectivity index (χ0v) is 14.7. The predicted octanol–water partition coefficient (Wildman–Crippen LogP) is 4.88. The summed E-state index contributed by atoms with van der Waals surface area (Å²) in [5.41, 5.74) is 2.77. The Labute approximate surface area is 154 Å². The molecule has 2 aromatic carbocycles. The van der Waals surface area contributed by atoms with Gasteiger partial charge in [0.1, 0.15) is 5.52 Å². The van der Waals surface area contributed by atoms with E-state index < -0.39 is 0 Å². The fourth-order valence-electron chi connectivity index (χ4n) is 2.88. The Bertz CT molecular complexity index is 1070. The van der Waals surface area contributed by atoms with Crippen LogP contribution < -0.4 is 0 Å². The Morgan fingerprint density at radius 1 is 1.04 bits per heavy atom. The fraction of sp³-hybridized carbons (Fsp3) is 0.0952. The van der Waals surface area contributed by atoms with E-state index in [4.69, 9.17) is 0 Å². The molecule has 128 valence electrons. The molecule has 0 amide bonds. The van der Waals surface area contributed by atoms with E-state index in [1.54, 1.807) is 29.7 Å². The molecule has 0 atom stereocenters. The van der Waals surface area contributed by atoms with E-state index in [1.165, 1.54) is 0 Å². The minimum Gasteiger partial charge on any atom is -0.505 e. The maximum Gasteiger partial charge on any atom is 0.167 e. The van der Waals surface area contributed by atoms with Crippen LogP contribution in [0.1, 0.15) is 21.8 Å². The van der Waals surface area contributed by atoms with Gasteiger partial charge in [-0.05, 0) is 12.1 Å². The van der Waals surface area contributed by atoms with Gasteiger partial charge in [0.15, 0.2) is 11.5 Å². The number of hydrogen-bond acceptors (Lipinski definition) is 5. The smallest absolute Gasteiger partial charge is 0.167 e. The number of thiazole rings is 1. The Balaban J connectivity index is 1.49. The van der Waals surface area contributed by atoms with E-state index in [0.717, 1.165) is 21.7 Å². The number of rotatable bonds is 5. The average molecular weight is 360 g/mol. The van der Waals surface area contributed by atoms with Crippen molar-refractivity contribution in [2.45, 2.75) is 12.8 Å². The molecule has 0 aliphatic heterocycles. The van der Waals surface area contributed by atoms with Crippen LogP contribution in [0.15, 0.2) is 66.2 Å². The molecular formula is C21H16N2O2S. The van der Waals surface area contributed by atoms with Crippen LogP contribution in [0.3, 0.4) is 0 Å². The lowest BCUT2D eigenvalue weighted by Gasteiger charge is -2.06. The van der Waals surface area contributed by atoms with E-state index in [9.17, 15) is 9.90 Å². The quantitative estimate of drug-likeness (QED) is 0.515. The summed E-state index contributed by atoms with van der Waals surface area (Å²) in [4.78, 5) is 21.3. The second-order valence-corrected chi connectivity index (χ2v) is 6.90. The Morgan fingerprint density at radius 3 is 2.73 bits per heavy atom. The van der Waals surface area contributed by atoms with Crippen molar-refractivity contribution >= 4 is 28.0 Å². The van der Waals surface area contributed by atoms with Gasteiger partial charge in [-0.15, -0.1) is 11.3 Å². The SMILES string of the molecule is O=C(CCc1nc(-c2ccccc2)cs1)c1ccc2cccnc2c1O. The lowest BCUT2D eigenvalue weighted by Crippen LogP contribution is -2.02. The molecular weight excluding hydrogens is 344 g/mol. The van der Waals surface area contributed by atoms with Gasteiger partial charge in [-0.25, -0.2) is 4.98 Å². The number of pyridine rings is 1. The summed E-state index contributed by atoms with van der Waals surface area (Å²) in [5.74, 6) is -0.149. The van der Waals surface area contributed by atoms with Crippen LogP contribution in [-0.2, 0) is 6.42 Å². The van der Waals surface area contributed by atoms with E-state index in [2.05, 4.69) is 9.97 Å². The molecule has 4 rings (SSSR count). The van der Waals surface area contributed by atoms with E-state index >= 15 is 0 Å². The number of carbonyl (C=O) groups excluding carboxylic acids is 1. The highest BCUT2D eigenvalue weighted by Gasteiger charge is 2.15. The zero-order valence-electron chi connectivity index (χ0n) is 13.9. The molecule has 0 aliphatic rings. The van der Waals surface area contributed by atoms with Crippen LogP contribution in [0.4, 0.5) is 0 Å². The zero-order chi connectivity index (χ0) is 17.9. The van der Waals surface area contributed by atoms with Gasteiger partial charge in [-0.2, -0.15) is 0 Å². The van der Waals surface area contributed by atoms with Crippen molar-refractivity contribution in [2.24, 2.45) is 0 Å². The maximum atomic E-state index is 12.5. The molecule has 0 unspecified atom stereocenters. The number of fused-ring (bicyclic) bond motifs is 1. The van der Waals surface area contributed by atoms with Gasteiger partial charge >= 0.3 is 0 Å². The predicted molar refractivity (Wildman–Crippen MR) is 104 cm³/mol. The Hall–Kier alpha value is -3.05. The average Bonchev–Trinajstić information content (AvgIpc) is 3.16. The standard InChI is InChI=1S/C21H16N2O2S/c24-18(16-9-8-15-7-4-12-22-20(15)21(16)25)10-11-19-23-17(13-26-19)14-5-2-1-3-6-14/h1-9,12-13,25H,10-11H2. The van der Waals surface area contributed by atoms with Gasteiger partial charge < -0.3 is 5.11 Å². The van der Waals surface area contributed by atoms with Crippen molar-refractivity contribution in [3.63, 3.8) is 0 Å². The van der Waals surface area contributed by atoms with Crippen molar-refractivity contribution in [2.75, 3.05) is 0 Å². The number of phenols is 1. The van der Waals surface area contributed by atoms with Crippen molar-refractivity contribution in [3.05, 3.63) is 76.7 Å². The van der Waals surface area contributed by atoms with Crippen molar-refractivity contribution in [3.8, 4) is 17.0 Å². The number of benzene rings is 2. The van der Waals surface area contributed by atoms with Crippen LogP contribution in [0.5, 0.6) is 5.75 Å². The molecule has 4 nitrogen and oxygen atoms in total. The maximum absolute atomic E-state index is 12.5. The molecule has 2 heterocycles. The van der Waals surface area contributed by atoms with Crippen LogP contribution in [-0.4, -0.2) is 20.9 Å². The van der Waals surface area contributed by atoms with Crippen LogP contribution in [0.25, 0.3) is 22.2 Å². The normalized spacial score (nSPS) is 10.9. The van der Waals surface area contributed by atoms with Crippen molar-refractivity contribution in [1.29, 1.82) is 0 Å². The Kier molecular flexibility index (Phi) is 4.46. The molecule has 1 N–H and O–H groups in total. The lowest BCUT2D eigenvalue weighted by molar-refractivity contribution is 0.0980. The first-order chi connectivity index (χ1) is 12.7. The Morgan fingerprint density at radius 2 is 1.88 bits per heavy atom. The summed E-state index contributed by atoms with van der Waals surface area (Å²) in [7, 11) is 0. The topological polar surface area (TPSA) is 63.1 Å². The second kappa shape index (κ2) is 7.06. The summed E-state index contributed by atoms with van der Waals surface area (Å²) in [6.45, 7) is 0. The molecule has 0 saturated carbocycles. The molecule has 0 bridgehead atoms. The third kappa shape index (κ3) is 3.21. The summed E-state index contributed by atoms with van der Waals surface area (Å²) in [6.07, 6.45) is 2.46. The third-order valence-corrected chi connectivity index (χ3v) is 5.14. The largest absolute Gasteiger partial charge is 0.505 e. The number of aromatic nitrogens is 2. The molecule has 2 aromatic heterocycles. The van der Waals surface area contributed by atoms with Gasteiger partial charge in [0.2, 0.25) is 0 Å². The minimum atomic E-state index is -0.105. The first kappa shape index (κ1) is 16.4. The number of aryl methyl sites for hydroxylation is 1. The molecule has 5 heteroatoms. The summed E-state index contributed by atoms with van der Waals surface area (Å²) < 4.78 is 0. The van der Waals surface area contributed by atoms with Crippen molar-refractivity contribution in [1.82, 2.24) is 9.97 Å². The molecule has 0 aliphatic carbocycles. The highest BCUT2D eigenvalue weighted by molar-refractivity contribution is 7.09.